The standard InChI is InChI=1S/C12H9Br2NO2/c13-9-10(14)12(17)15(11(9)16)7-6-8-4-2-1-3-5-8/h1-5H,6-7H2. The molecule has 2 amide bonds. The van der Waals surface area contributed by atoms with Crippen molar-refractivity contribution >= 4 is 43.7 Å². The molecule has 0 atom stereocenters. The van der Waals surface area contributed by atoms with E-state index in [1.54, 1.807) is 0 Å². The number of hydrogen-bond acceptors (Lipinski definition) is 2. The Balaban J connectivity index is 2.03. The second-order valence-electron chi connectivity index (χ2n) is 3.63. The van der Waals surface area contributed by atoms with Gasteiger partial charge in [0.25, 0.3) is 11.8 Å². The summed E-state index contributed by atoms with van der Waals surface area (Å²) < 4.78 is 0.603. The van der Waals surface area contributed by atoms with Crippen molar-refractivity contribution in [2.24, 2.45) is 0 Å². The molecule has 0 N–H and O–H groups in total. The lowest BCUT2D eigenvalue weighted by molar-refractivity contribution is -0.136. The molecule has 1 aromatic rings. The van der Waals surface area contributed by atoms with E-state index >= 15 is 0 Å². The van der Waals surface area contributed by atoms with Crippen LogP contribution in [-0.2, 0) is 16.0 Å². The maximum absolute atomic E-state index is 11.7. The fourth-order valence-electron chi connectivity index (χ4n) is 1.61. The smallest absolute Gasteiger partial charge is 0.269 e. The lowest BCUT2D eigenvalue weighted by Crippen LogP contribution is -2.33. The van der Waals surface area contributed by atoms with Crippen LogP contribution in [0.25, 0.3) is 0 Å². The summed E-state index contributed by atoms with van der Waals surface area (Å²) in [4.78, 5) is 24.7. The Morgan fingerprint density at radius 1 is 0.941 bits per heavy atom. The highest BCUT2D eigenvalue weighted by Gasteiger charge is 2.35. The number of amides is 2. The van der Waals surface area contributed by atoms with Gasteiger partial charge in [-0.15, -0.1) is 0 Å². The molecule has 0 radical (unpaired) electrons. The summed E-state index contributed by atoms with van der Waals surface area (Å²) in [6.07, 6.45) is 0.666. The van der Waals surface area contributed by atoms with Crippen LogP contribution in [0.5, 0.6) is 0 Å². The molecule has 0 saturated heterocycles. The molecule has 3 nitrogen and oxygen atoms in total. The van der Waals surface area contributed by atoms with E-state index in [1.165, 1.54) is 4.90 Å². The Hall–Kier alpha value is -0.940. The molecule has 0 saturated carbocycles. The molecule has 1 aliphatic heterocycles. The second-order valence-corrected chi connectivity index (χ2v) is 5.21. The van der Waals surface area contributed by atoms with Gasteiger partial charge >= 0.3 is 0 Å². The lowest BCUT2D eigenvalue weighted by atomic mass is 10.1. The maximum atomic E-state index is 11.7. The van der Waals surface area contributed by atoms with Gasteiger partial charge in [-0.25, -0.2) is 0 Å². The summed E-state index contributed by atoms with van der Waals surface area (Å²) in [5.74, 6) is -0.560. The molecule has 0 aromatic heterocycles. The first kappa shape index (κ1) is 12.5. The molecule has 0 aliphatic carbocycles. The van der Waals surface area contributed by atoms with Crippen LogP contribution < -0.4 is 0 Å². The minimum atomic E-state index is -0.280. The van der Waals surface area contributed by atoms with Gasteiger partial charge in [0, 0.05) is 6.54 Å². The quantitative estimate of drug-likeness (QED) is 0.779. The molecule has 17 heavy (non-hydrogen) atoms. The average Bonchev–Trinajstić information content (AvgIpc) is 2.54. The fraction of sp³-hybridized carbons (Fsp3) is 0.167. The van der Waals surface area contributed by atoms with Crippen molar-refractivity contribution in [3.05, 3.63) is 44.9 Å². The van der Waals surface area contributed by atoms with E-state index < -0.39 is 0 Å². The Morgan fingerprint density at radius 3 is 2.00 bits per heavy atom. The second kappa shape index (κ2) is 5.14. The maximum Gasteiger partial charge on any atom is 0.269 e. The van der Waals surface area contributed by atoms with Gasteiger partial charge in [0.15, 0.2) is 0 Å². The molecule has 0 spiro atoms. The monoisotopic (exact) mass is 357 g/mol. The van der Waals surface area contributed by atoms with Crippen LogP contribution in [0.4, 0.5) is 0 Å². The van der Waals surface area contributed by atoms with E-state index in [4.69, 9.17) is 0 Å². The van der Waals surface area contributed by atoms with E-state index in [0.717, 1.165) is 5.56 Å². The minimum absolute atomic E-state index is 0.280. The van der Waals surface area contributed by atoms with Crippen molar-refractivity contribution < 1.29 is 9.59 Å². The van der Waals surface area contributed by atoms with E-state index in [-0.39, 0.29) is 11.8 Å². The number of nitrogens with zero attached hydrogens (tertiary/aromatic N) is 1. The van der Waals surface area contributed by atoms with Crippen LogP contribution in [0, 0.1) is 0 Å². The summed E-state index contributed by atoms with van der Waals surface area (Å²) in [5, 5.41) is 0. The zero-order chi connectivity index (χ0) is 12.4. The van der Waals surface area contributed by atoms with E-state index in [9.17, 15) is 9.59 Å². The molecule has 1 heterocycles. The van der Waals surface area contributed by atoms with E-state index in [0.29, 0.717) is 21.9 Å². The Kier molecular flexibility index (Phi) is 3.79. The molecule has 5 heteroatoms. The van der Waals surface area contributed by atoms with Crippen LogP contribution in [0.15, 0.2) is 39.3 Å². The van der Waals surface area contributed by atoms with Gasteiger partial charge in [0.1, 0.15) is 8.96 Å². The number of benzene rings is 1. The Bertz CT molecular complexity index is 472. The van der Waals surface area contributed by atoms with Gasteiger partial charge in [-0.3, -0.25) is 14.5 Å². The summed E-state index contributed by atoms with van der Waals surface area (Å²) in [6.45, 7) is 0.395. The Labute approximate surface area is 116 Å². The third-order valence-corrected chi connectivity index (χ3v) is 4.53. The number of hydrogen-bond donors (Lipinski definition) is 0. The van der Waals surface area contributed by atoms with Gasteiger partial charge in [0.05, 0.1) is 0 Å². The predicted octanol–water partition coefficient (Wildman–Crippen LogP) is 2.60. The predicted molar refractivity (Wildman–Crippen MR) is 71.7 cm³/mol. The highest BCUT2D eigenvalue weighted by molar-refractivity contribution is 9.14. The molecule has 1 aromatic carbocycles. The third kappa shape index (κ3) is 2.50. The highest BCUT2D eigenvalue weighted by atomic mass is 79.9. The molecule has 0 fully saturated rings. The molecule has 0 bridgehead atoms. The lowest BCUT2D eigenvalue weighted by Gasteiger charge is -2.13. The average molecular weight is 359 g/mol. The number of imide groups is 1. The number of carbonyl (C=O) groups excluding carboxylic acids is 2. The molecular formula is C12H9Br2NO2. The van der Waals surface area contributed by atoms with Crippen LogP contribution in [0.2, 0.25) is 0 Å². The SMILES string of the molecule is O=C1C(Br)=C(Br)C(=O)N1CCc1ccccc1. The van der Waals surface area contributed by atoms with Crippen molar-refractivity contribution in [3.63, 3.8) is 0 Å². The molecule has 2 rings (SSSR count). The van der Waals surface area contributed by atoms with Gasteiger partial charge in [-0.2, -0.15) is 0 Å². The molecule has 1 aliphatic rings. The fourth-order valence-corrected chi connectivity index (χ4v) is 2.37. The third-order valence-electron chi connectivity index (χ3n) is 2.53. The van der Waals surface area contributed by atoms with Crippen LogP contribution in [-0.4, -0.2) is 23.3 Å². The number of rotatable bonds is 3. The zero-order valence-corrected chi connectivity index (χ0v) is 12.0. The first-order valence-electron chi connectivity index (χ1n) is 5.06. The normalized spacial score (nSPS) is 16.0. The summed E-state index contributed by atoms with van der Waals surface area (Å²) in [6, 6.07) is 9.76. The summed E-state index contributed by atoms with van der Waals surface area (Å²) in [7, 11) is 0. The van der Waals surface area contributed by atoms with Crippen molar-refractivity contribution in [1.29, 1.82) is 0 Å². The van der Waals surface area contributed by atoms with Crippen molar-refractivity contribution in [1.82, 2.24) is 4.90 Å². The zero-order valence-electron chi connectivity index (χ0n) is 8.82. The number of carbonyl (C=O) groups is 2. The van der Waals surface area contributed by atoms with Gasteiger partial charge in [-0.05, 0) is 43.8 Å². The Morgan fingerprint density at radius 2 is 1.47 bits per heavy atom. The number of halogens is 2. The van der Waals surface area contributed by atoms with Crippen LogP contribution in [0.1, 0.15) is 5.56 Å². The topological polar surface area (TPSA) is 37.4 Å². The van der Waals surface area contributed by atoms with E-state index in [1.807, 2.05) is 30.3 Å². The molecular weight excluding hydrogens is 350 g/mol. The summed E-state index contributed by atoms with van der Waals surface area (Å²) >= 11 is 6.19. The summed E-state index contributed by atoms with van der Waals surface area (Å²) in [5.41, 5.74) is 1.10. The van der Waals surface area contributed by atoms with Crippen molar-refractivity contribution in [2.45, 2.75) is 6.42 Å². The van der Waals surface area contributed by atoms with Gasteiger partial charge in [-0.1, -0.05) is 30.3 Å². The first-order valence-corrected chi connectivity index (χ1v) is 6.65. The minimum Gasteiger partial charge on any atom is -0.273 e. The van der Waals surface area contributed by atoms with Gasteiger partial charge < -0.3 is 0 Å². The largest absolute Gasteiger partial charge is 0.273 e. The van der Waals surface area contributed by atoms with Crippen LogP contribution in [0.3, 0.4) is 0 Å². The first-order chi connectivity index (χ1) is 8.11. The van der Waals surface area contributed by atoms with Gasteiger partial charge in [0.2, 0.25) is 0 Å². The van der Waals surface area contributed by atoms with E-state index in [2.05, 4.69) is 31.9 Å². The molecule has 88 valence electrons. The van der Waals surface area contributed by atoms with Crippen molar-refractivity contribution in [2.75, 3.05) is 6.54 Å². The highest BCUT2D eigenvalue weighted by Crippen LogP contribution is 2.29. The van der Waals surface area contributed by atoms with Crippen LogP contribution >= 0.6 is 31.9 Å². The van der Waals surface area contributed by atoms with Crippen molar-refractivity contribution in [3.8, 4) is 0 Å². The molecule has 0 unspecified atom stereocenters.